The Labute approximate surface area is 168 Å². The lowest BCUT2D eigenvalue weighted by atomic mass is 9.74. The van der Waals surface area contributed by atoms with Crippen LogP contribution in [0.25, 0.3) is 0 Å². The van der Waals surface area contributed by atoms with Gasteiger partial charge < -0.3 is 10.0 Å². The van der Waals surface area contributed by atoms with Crippen molar-refractivity contribution in [3.63, 3.8) is 0 Å². The Morgan fingerprint density at radius 1 is 1.07 bits per heavy atom. The van der Waals surface area contributed by atoms with Crippen LogP contribution in [-0.2, 0) is 0 Å². The SMILES string of the molecule is CCCN(C)C(CC)CCCC(c1cccc(C)c1)C1(O)CCCCCC1. The number of benzene rings is 1. The second-order valence-electron chi connectivity index (χ2n) is 8.96. The Morgan fingerprint density at radius 2 is 1.78 bits per heavy atom. The Balaban J connectivity index is 2.10. The maximum absolute atomic E-state index is 11.7. The molecule has 0 amide bonds. The topological polar surface area (TPSA) is 23.5 Å². The van der Waals surface area contributed by atoms with Gasteiger partial charge in [0.05, 0.1) is 5.60 Å². The van der Waals surface area contributed by atoms with Crippen LogP contribution in [0.1, 0.15) is 102 Å². The monoisotopic (exact) mass is 373 g/mol. The fourth-order valence-electron chi connectivity index (χ4n) is 5.15. The average molecular weight is 374 g/mol. The van der Waals surface area contributed by atoms with Gasteiger partial charge in [0.2, 0.25) is 0 Å². The van der Waals surface area contributed by atoms with Gasteiger partial charge in [0.1, 0.15) is 0 Å². The molecule has 1 aromatic carbocycles. The highest BCUT2D eigenvalue weighted by molar-refractivity contribution is 5.28. The van der Waals surface area contributed by atoms with Crippen molar-refractivity contribution in [2.45, 2.75) is 109 Å². The number of aliphatic hydroxyl groups is 1. The van der Waals surface area contributed by atoms with Crippen molar-refractivity contribution in [3.8, 4) is 0 Å². The van der Waals surface area contributed by atoms with Gasteiger partial charge in [-0.2, -0.15) is 0 Å². The van der Waals surface area contributed by atoms with E-state index in [4.69, 9.17) is 0 Å². The zero-order valence-electron chi connectivity index (χ0n) is 18.3. The van der Waals surface area contributed by atoms with Crippen LogP contribution in [0.5, 0.6) is 0 Å². The third kappa shape index (κ3) is 6.61. The van der Waals surface area contributed by atoms with Crippen LogP contribution in [0, 0.1) is 6.92 Å². The van der Waals surface area contributed by atoms with Gasteiger partial charge in [-0.05, 0) is 64.6 Å². The van der Waals surface area contributed by atoms with Crippen LogP contribution >= 0.6 is 0 Å². The van der Waals surface area contributed by atoms with Crippen molar-refractivity contribution in [2.75, 3.05) is 13.6 Å². The van der Waals surface area contributed by atoms with Crippen molar-refractivity contribution in [3.05, 3.63) is 35.4 Å². The summed E-state index contributed by atoms with van der Waals surface area (Å²) in [4.78, 5) is 2.53. The first-order valence-electron chi connectivity index (χ1n) is 11.5. The summed E-state index contributed by atoms with van der Waals surface area (Å²) >= 11 is 0. The summed E-state index contributed by atoms with van der Waals surface area (Å²) in [5.74, 6) is 0.282. The van der Waals surface area contributed by atoms with Gasteiger partial charge in [-0.3, -0.25) is 0 Å². The van der Waals surface area contributed by atoms with E-state index in [2.05, 4.69) is 57.0 Å². The molecule has 2 atom stereocenters. The zero-order valence-corrected chi connectivity index (χ0v) is 18.3. The van der Waals surface area contributed by atoms with Crippen LogP contribution in [0.3, 0.4) is 0 Å². The molecule has 27 heavy (non-hydrogen) atoms. The minimum absolute atomic E-state index is 0.282. The van der Waals surface area contributed by atoms with Gasteiger partial charge in [0, 0.05) is 12.0 Å². The summed E-state index contributed by atoms with van der Waals surface area (Å²) in [5, 5.41) is 11.7. The van der Waals surface area contributed by atoms with Crippen molar-refractivity contribution in [1.82, 2.24) is 4.90 Å². The maximum Gasteiger partial charge on any atom is 0.0716 e. The molecule has 0 heterocycles. The number of aryl methyl sites for hydroxylation is 1. The fraction of sp³-hybridized carbons (Fsp3) is 0.760. The van der Waals surface area contributed by atoms with Crippen molar-refractivity contribution in [2.24, 2.45) is 0 Å². The second kappa shape index (κ2) is 11.2. The molecule has 0 aliphatic heterocycles. The minimum Gasteiger partial charge on any atom is -0.389 e. The molecule has 1 N–H and O–H groups in total. The van der Waals surface area contributed by atoms with Gasteiger partial charge in [-0.1, -0.05) is 75.8 Å². The Morgan fingerprint density at radius 3 is 2.37 bits per heavy atom. The van der Waals surface area contributed by atoms with E-state index in [1.54, 1.807) is 0 Å². The van der Waals surface area contributed by atoms with Gasteiger partial charge in [-0.15, -0.1) is 0 Å². The molecule has 0 radical (unpaired) electrons. The van der Waals surface area contributed by atoms with E-state index in [0.717, 1.165) is 19.3 Å². The van der Waals surface area contributed by atoms with E-state index >= 15 is 0 Å². The number of hydrogen-bond acceptors (Lipinski definition) is 2. The molecule has 2 nitrogen and oxygen atoms in total. The third-order valence-corrected chi connectivity index (χ3v) is 6.76. The summed E-state index contributed by atoms with van der Waals surface area (Å²) < 4.78 is 0. The van der Waals surface area contributed by atoms with E-state index in [1.807, 2.05) is 0 Å². The van der Waals surface area contributed by atoms with Gasteiger partial charge in [0.25, 0.3) is 0 Å². The molecule has 2 heteroatoms. The molecule has 0 aromatic heterocycles. The molecule has 1 aliphatic carbocycles. The highest BCUT2D eigenvalue weighted by Crippen LogP contribution is 2.42. The van der Waals surface area contributed by atoms with E-state index in [9.17, 15) is 5.11 Å². The molecule has 2 unspecified atom stereocenters. The number of hydrogen-bond donors (Lipinski definition) is 1. The molecule has 1 fully saturated rings. The standard InChI is InChI=1S/C25H43NO/c1-5-19-26(4)23(6-2)15-12-16-24(22-14-11-13-21(3)20-22)25(27)17-9-7-8-10-18-25/h11,13-14,20,23-24,27H,5-10,12,15-19H2,1-4H3. The molecular formula is C25H43NO. The van der Waals surface area contributed by atoms with E-state index in [-0.39, 0.29) is 5.92 Å². The minimum atomic E-state index is -0.513. The van der Waals surface area contributed by atoms with Crippen LogP contribution in [0.2, 0.25) is 0 Å². The molecule has 1 aromatic rings. The first kappa shape index (κ1) is 22.4. The third-order valence-electron chi connectivity index (χ3n) is 6.76. The number of nitrogens with zero attached hydrogens (tertiary/aromatic N) is 1. The van der Waals surface area contributed by atoms with Crippen LogP contribution in [-0.4, -0.2) is 35.2 Å². The highest BCUT2D eigenvalue weighted by atomic mass is 16.3. The van der Waals surface area contributed by atoms with E-state index < -0.39 is 5.60 Å². The summed E-state index contributed by atoms with van der Waals surface area (Å²) in [6.07, 6.45) is 12.8. The van der Waals surface area contributed by atoms with Crippen LogP contribution in [0.15, 0.2) is 24.3 Å². The molecule has 1 aliphatic rings. The van der Waals surface area contributed by atoms with Crippen molar-refractivity contribution >= 4 is 0 Å². The molecular weight excluding hydrogens is 330 g/mol. The molecule has 0 saturated heterocycles. The molecule has 154 valence electrons. The average Bonchev–Trinajstić information content (AvgIpc) is 2.87. The summed E-state index contributed by atoms with van der Waals surface area (Å²) in [7, 11) is 2.27. The molecule has 2 rings (SSSR count). The molecule has 1 saturated carbocycles. The lowest BCUT2D eigenvalue weighted by molar-refractivity contribution is -0.00666. The van der Waals surface area contributed by atoms with Crippen LogP contribution in [0.4, 0.5) is 0 Å². The lowest BCUT2D eigenvalue weighted by Crippen LogP contribution is -2.36. The smallest absolute Gasteiger partial charge is 0.0716 e. The molecule has 0 spiro atoms. The predicted octanol–water partition coefficient (Wildman–Crippen LogP) is 6.45. The molecule has 0 bridgehead atoms. The van der Waals surface area contributed by atoms with Gasteiger partial charge in [-0.25, -0.2) is 0 Å². The number of rotatable bonds is 10. The normalized spacial score (nSPS) is 19.6. The Bertz CT molecular complexity index is 533. The predicted molar refractivity (Wildman–Crippen MR) is 117 cm³/mol. The summed E-state index contributed by atoms with van der Waals surface area (Å²) in [6.45, 7) is 7.93. The van der Waals surface area contributed by atoms with E-state index in [0.29, 0.717) is 6.04 Å². The largest absolute Gasteiger partial charge is 0.389 e. The lowest BCUT2D eigenvalue weighted by Gasteiger charge is -2.37. The van der Waals surface area contributed by atoms with Crippen molar-refractivity contribution < 1.29 is 5.11 Å². The first-order valence-corrected chi connectivity index (χ1v) is 11.5. The Hall–Kier alpha value is -0.860. The summed E-state index contributed by atoms with van der Waals surface area (Å²) in [5.41, 5.74) is 2.15. The van der Waals surface area contributed by atoms with Gasteiger partial charge in [0.15, 0.2) is 0 Å². The maximum atomic E-state index is 11.7. The second-order valence-corrected chi connectivity index (χ2v) is 8.96. The highest BCUT2D eigenvalue weighted by Gasteiger charge is 2.37. The first-order chi connectivity index (χ1) is 13.0. The zero-order chi connectivity index (χ0) is 19.7. The fourth-order valence-corrected chi connectivity index (χ4v) is 5.15. The van der Waals surface area contributed by atoms with E-state index in [1.165, 1.54) is 69.0 Å². The Kier molecular flexibility index (Phi) is 9.32. The van der Waals surface area contributed by atoms with Crippen LogP contribution < -0.4 is 0 Å². The quantitative estimate of drug-likeness (QED) is 0.476. The van der Waals surface area contributed by atoms with Gasteiger partial charge >= 0.3 is 0 Å². The van der Waals surface area contributed by atoms with Crippen molar-refractivity contribution in [1.29, 1.82) is 0 Å². The summed E-state index contributed by atoms with van der Waals surface area (Å²) in [6, 6.07) is 9.58.